The number of likely N-dealkylation sites (N-methyl/N-ethyl adjacent to an activating group) is 1. The zero-order chi connectivity index (χ0) is 9.68. The maximum absolute atomic E-state index is 8.97. The van der Waals surface area contributed by atoms with Crippen molar-refractivity contribution in [3.05, 3.63) is 18.3 Å². The number of hydrogen-bond donors (Lipinski definition) is 2. The van der Waals surface area contributed by atoms with Crippen molar-refractivity contribution in [2.45, 2.75) is 0 Å². The van der Waals surface area contributed by atoms with E-state index in [1.54, 1.807) is 12.1 Å². The fraction of sp³-hybridized carbons (Fsp3) is 0.444. The molecule has 4 nitrogen and oxygen atoms in total. The van der Waals surface area contributed by atoms with E-state index in [1.165, 1.54) is 6.20 Å². The van der Waals surface area contributed by atoms with Crippen LogP contribution in [0.1, 0.15) is 0 Å². The number of rotatable bonds is 4. The van der Waals surface area contributed by atoms with Crippen LogP contribution in [0.3, 0.4) is 0 Å². The van der Waals surface area contributed by atoms with Gasteiger partial charge in [-0.05, 0) is 26.2 Å². The summed E-state index contributed by atoms with van der Waals surface area (Å²) >= 11 is 0. The van der Waals surface area contributed by atoms with Crippen molar-refractivity contribution in [2.24, 2.45) is 0 Å². The number of anilines is 1. The summed E-state index contributed by atoms with van der Waals surface area (Å²) < 4.78 is 0. The zero-order valence-electron chi connectivity index (χ0n) is 7.99. The maximum Gasteiger partial charge on any atom is 0.134 e. The number of aromatic nitrogens is 1. The number of nitrogens with zero attached hydrogens (tertiary/aromatic N) is 2. The quantitative estimate of drug-likeness (QED) is 0.720. The molecule has 0 bridgehead atoms. The van der Waals surface area contributed by atoms with Gasteiger partial charge in [0.1, 0.15) is 11.6 Å². The zero-order valence-corrected chi connectivity index (χ0v) is 7.99. The molecule has 0 amide bonds. The normalized spacial score (nSPS) is 10.4. The van der Waals surface area contributed by atoms with Gasteiger partial charge >= 0.3 is 0 Å². The van der Waals surface area contributed by atoms with Gasteiger partial charge in [-0.3, -0.25) is 0 Å². The smallest absolute Gasteiger partial charge is 0.134 e. The number of pyridine rings is 1. The molecule has 0 radical (unpaired) electrons. The molecule has 1 aromatic heterocycles. The number of hydrogen-bond acceptors (Lipinski definition) is 4. The lowest BCUT2D eigenvalue weighted by Crippen LogP contribution is -2.21. The topological polar surface area (TPSA) is 48.4 Å². The first-order chi connectivity index (χ1) is 6.18. The molecular weight excluding hydrogens is 166 g/mol. The Morgan fingerprint density at radius 1 is 1.46 bits per heavy atom. The molecule has 1 heterocycles. The van der Waals surface area contributed by atoms with E-state index in [-0.39, 0.29) is 5.75 Å². The molecule has 0 saturated carbocycles. The first kappa shape index (κ1) is 9.80. The highest BCUT2D eigenvalue weighted by Crippen LogP contribution is 2.08. The Labute approximate surface area is 78.2 Å². The van der Waals surface area contributed by atoms with Crippen LogP contribution in [-0.2, 0) is 0 Å². The van der Waals surface area contributed by atoms with Crippen LogP contribution < -0.4 is 5.32 Å². The van der Waals surface area contributed by atoms with Gasteiger partial charge in [-0.2, -0.15) is 0 Å². The van der Waals surface area contributed by atoms with Crippen molar-refractivity contribution in [3.63, 3.8) is 0 Å². The molecule has 1 rings (SSSR count). The first-order valence-electron chi connectivity index (χ1n) is 4.22. The molecule has 2 N–H and O–H groups in total. The van der Waals surface area contributed by atoms with Gasteiger partial charge in [-0.15, -0.1) is 0 Å². The molecule has 0 spiro atoms. The van der Waals surface area contributed by atoms with Crippen LogP contribution in [-0.4, -0.2) is 42.2 Å². The molecule has 0 saturated heterocycles. The van der Waals surface area contributed by atoms with Crippen LogP contribution >= 0.6 is 0 Å². The average molecular weight is 181 g/mol. The van der Waals surface area contributed by atoms with Crippen LogP contribution in [0.25, 0.3) is 0 Å². The summed E-state index contributed by atoms with van der Waals surface area (Å²) in [5.74, 6) is 0.984. The Kier molecular flexibility index (Phi) is 3.52. The highest BCUT2D eigenvalue weighted by atomic mass is 16.3. The lowest BCUT2D eigenvalue weighted by atomic mass is 10.4. The van der Waals surface area contributed by atoms with Gasteiger partial charge in [0.05, 0.1) is 6.20 Å². The highest BCUT2D eigenvalue weighted by molar-refractivity contribution is 5.36. The van der Waals surface area contributed by atoms with Crippen molar-refractivity contribution in [2.75, 3.05) is 32.5 Å². The minimum Gasteiger partial charge on any atom is -0.506 e. The predicted molar refractivity (Wildman–Crippen MR) is 52.9 cm³/mol. The molecule has 0 aliphatic heterocycles. The van der Waals surface area contributed by atoms with Gasteiger partial charge in [0.25, 0.3) is 0 Å². The third-order valence-electron chi connectivity index (χ3n) is 1.61. The van der Waals surface area contributed by atoms with E-state index in [0.717, 1.165) is 18.9 Å². The van der Waals surface area contributed by atoms with Gasteiger partial charge in [-0.1, -0.05) is 0 Å². The Bertz CT molecular complexity index is 246. The van der Waals surface area contributed by atoms with Crippen LogP contribution in [0.15, 0.2) is 18.3 Å². The maximum atomic E-state index is 8.97. The van der Waals surface area contributed by atoms with Gasteiger partial charge in [0.15, 0.2) is 0 Å². The minimum atomic E-state index is 0.193. The number of aromatic hydroxyl groups is 1. The average Bonchev–Trinajstić information content (AvgIpc) is 2.08. The van der Waals surface area contributed by atoms with Gasteiger partial charge in [0.2, 0.25) is 0 Å². The van der Waals surface area contributed by atoms with E-state index in [1.807, 2.05) is 14.1 Å². The molecule has 4 heteroatoms. The van der Waals surface area contributed by atoms with Gasteiger partial charge in [0, 0.05) is 13.1 Å². The Balaban J connectivity index is 2.33. The van der Waals surface area contributed by atoms with Crippen LogP contribution in [0, 0.1) is 0 Å². The SMILES string of the molecule is CN(C)CCNc1ccc(O)cn1. The van der Waals surface area contributed by atoms with Crippen molar-refractivity contribution < 1.29 is 5.11 Å². The van der Waals surface area contributed by atoms with Crippen molar-refractivity contribution >= 4 is 5.82 Å². The monoisotopic (exact) mass is 181 g/mol. The second-order valence-electron chi connectivity index (χ2n) is 3.13. The summed E-state index contributed by atoms with van der Waals surface area (Å²) in [6.07, 6.45) is 1.43. The van der Waals surface area contributed by atoms with E-state index < -0.39 is 0 Å². The van der Waals surface area contributed by atoms with Crippen molar-refractivity contribution in [1.82, 2.24) is 9.88 Å². The van der Waals surface area contributed by atoms with Crippen molar-refractivity contribution in [1.29, 1.82) is 0 Å². The largest absolute Gasteiger partial charge is 0.506 e. The molecular formula is C9H15N3O. The molecule has 0 aromatic carbocycles. The molecule has 0 unspecified atom stereocenters. The van der Waals surface area contributed by atoms with Gasteiger partial charge in [-0.25, -0.2) is 4.98 Å². The molecule has 0 fully saturated rings. The van der Waals surface area contributed by atoms with Crippen molar-refractivity contribution in [3.8, 4) is 5.75 Å². The molecule has 13 heavy (non-hydrogen) atoms. The highest BCUT2D eigenvalue weighted by Gasteiger charge is 1.93. The Morgan fingerprint density at radius 3 is 2.77 bits per heavy atom. The fourth-order valence-electron chi connectivity index (χ4n) is 0.898. The summed E-state index contributed by atoms with van der Waals surface area (Å²) in [7, 11) is 4.04. The van der Waals surface area contributed by atoms with E-state index in [0.29, 0.717) is 0 Å². The molecule has 72 valence electrons. The summed E-state index contributed by atoms with van der Waals surface area (Å²) in [4.78, 5) is 6.09. The fourth-order valence-corrected chi connectivity index (χ4v) is 0.898. The summed E-state index contributed by atoms with van der Waals surface area (Å²) in [6.45, 7) is 1.81. The third-order valence-corrected chi connectivity index (χ3v) is 1.61. The standard InChI is InChI=1S/C9H15N3O/c1-12(2)6-5-10-9-4-3-8(13)7-11-9/h3-4,7,13H,5-6H2,1-2H3,(H,10,11). The second kappa shape index (κ2) is 4.67. The van der Waals surface area contributed by atoms with E-state index in [4.69, 9.17) is 5.11 Å². The van der Waals surface area contributed by atoms with E-state index in [2.05, 4.69) is 15.2 Å². The minimum absolute atomic E-state index is 0.193. The molecule has 0 aliphatic rings. The van der Waals surface area contributed by atoms with Crippen LogP contribution in [0.2, 0.25) is 0 Å². The molecule has 0 aliphatic carbocycles. The summed E-state index contributed by atoms with van der Waals surface area (Å²) in [5, 5.41) is 12.1. The lowest BCUT2D eigenvalue weighted by molar-refractivity contribution is 0.425. The van der Waals surface area contributed by atoms with E-state index >= 15 is 0 Å². The Morgan fingerprint density at radius 2 is 2.23 bits per heavy atom. The first-order valence-corrected chi connectivity index (χ1v) is 4.22. The summed E-state index contributed by atoms with van der Waals surface area (Å²) in [6, 6.07) is 3.37. The van der Waals surface area contributed by atoms with Crippen LogP contribution in [0.4, 0.5) is 5.82 Å². The van der Waals surface area contributed by atoms with E-state index in [9.17, 15) is 0 Å². The van der Waals surface area contributed by atoms with Gasteiger partial charge < -0.3 is 15.3 Å². The molecule has 1 aromatic rings. The van der Waals surface area contributed by atoms with Crippen LogP contribution in [0.5, 0.6) is 5.75 Å². The molecule has 0 atom stereocenters. The Hall–Kier alpha value is -1.29. The second-order valence-corrected chi connectivity index (χ2v) is 3.13. The third kappa shape index (κ3) is 3.75. The summed E-state index contributed by atoms with van der Waals surface area (Å²) in [5.41, 5.74) is 0. The predicted octanol–water partition coefficient (Wildman–Crippen LogP) is 0.761. The lowest BCUT2D eigenvalue weighted by Gasteiger charge is -2.10. The number of nitrogens with one attached hydrogen (secondary N) is 1.